The number of hydrogen-bond acceptors (Lipinski definition) is 6. The van der Waals surface area contributed by atoms with Crippen molar-refractivity contribution in [1.29, 1.82) is 0 Å². The minimum Gasteiger partial charge on any atom is -0.493 e. The topological polar surface area (TPSA) is 51.7 Å². The maximum absolute atomic E-state index is 13.0. The number of carbonyl (C=O) groups is 1. The van der Waals surface area contributed by atoms with E-state index in [1.807, 2.05) is 35.4 Å². The zero-order chi connectivity index (χ0) is 19.7. The predicted molar refractivity (Wildman–Crippen MR) is 113 cm³/mol. The van der Waals surface area contributed by atoms with Crippen LogP contribution in [0.2, 0.25) is 0 Å². The summed E-state index contributed by atoms with van der Waals surface area (Å²) in [5, 5.41) is 3.03. The van der Waals surface area contributed by atoms with Gasteiger partial charge >= 0.3 is 0 Å². The number of hydrogen-bond donors (Lipinski definition) is 0. The zero-order valence-corrected chi connectivity index (χ0v) is 17.8. The van der Waals surface area contributed by atoms with Gasteiger partial charge in [0.15, 0.2) is 11.5 Å². The Hall–Kier alpha value is -2.38. The van der Waals surface area contributed by atoms with Crippen molar-refractivity contribution in [3.05, 3.63) is 50.7 Å². The summed E-state index contributed by atoms with van der Waals surface area (Å²) in [6, 6.07) is 8.09. The number of fused-ring (bicyclic) bond motifs is 1. The van der Waals surface area contributed by atoms with E-state index in [1.54, 1.807) is 36.9 Å². The number of ether oxygens (including phenoxy) is 2. The average molecular weight is 415 g/mol. The Morgan fingerprint density at radius 1 is 1.21 bits per heavy atom. The van der Waals surface area contributed by atoms with Gasteiger partial charge in [-0.3, -0.25) is 4.79 Å². The van der Waals surface area contributed by atoms with E-state index < -0.39 is 0 Å². The molecule has 5 nitrogen and oxygen atoms in total. The average Bonchev–Trinajstić information content (AvgIpc) is 3.35. The molecule has 0 aliphatic carbocycles. The second kappa shape index (κ2) is 7.93. The lowest BCUT2D eigenvalue weighted by atomic mass is 9.98. The van der Waals surface area contributed by atoms with Gasteiger partial charge in [-0.05, 0) is 48.1 Å². The van der Waals surface area contributed by atoms with Gasteiger partial charge in [-0.2, -0.15) is 0 Å². The first-order valence-corrected chi connectivity index (χ1v) is 10.8. The van der Waals surface area contributed by atoms with Crippen molar-refractivity contribution in [2.24, 2.45) is 0 Å². The van der Waals surface area contributed by atoms with Crippen LogP contribution < -0.4 is 9.47 Å². The van der Waals surface area contributed by atoms with Crippen LogP contribution in [0, 0.1) is 6.92 Å². The molecule has 1 amide bonds. The third-order valence-corrected chi connectivity index (χ3v) is 6.79. The summed E-state index contributed by atoms with van der Waals surface area (Å²) < 4.78 is 10.8. The summed E-state index contributed by atoms with van der Waals surface area (Å²) in [5.74, 6) is 1.58. The van der Waals surface area contributed by atoms with Crippen LogP contribution >= 0.6 is 22.7 Å². The smallest absolute Gasteiger partial charge is 0.228 e. The van der Waals surface area contributed by atoms with Crippen LogP contribution in [0.15, 0.2) is 29.6 Å². The Balaban J connectivity index is 1.53. The molecule has 0 bridgehead atoms. The minimum absolute atomic E-state index is 0.141. The number of methoxy groups -OCH3 is 2. The van der Waals surface area contributed by atoms with Gasteiger partial charge in [0.25, 0.3) is 0 Å². The summed E-state index contributed by atoms with van der Waals surface area (Å²) in [6.07, 6.45) is 1.21. The molecular weight excluding hydrogens is 392 g/mol. The lowest BCUT2D eigenvalue weighted by Crippen LogP contribution is -2.36. The normalized spacial score (nSPS) is 13.3. The van der Waals surface area contributed by atoms with Crippen molar-refractivity contribution in [2.75, 3.05) is 20.8 Å². The third-order valence-electron chi connectivity index (χ3n) is 4.94. The van der Waals surface area contributed by atoms with Gasteiger partial charge < -0.3 is 14.4 Å². The van der Waals surface area contributed by atoms with Gasteiger partial charge in [0, 0.05) is 18.0 Å². The Kier molecular flexibility index (Phi) is 5.37. The zero-order valence-electron chi connectivity index (χ0n) is 16.2. The van der Waals surface area contributed by atoms with Crippen LogP contribution in [-0.2, 0) is 24.2 Å². The molecule has 28 heavy (non-hydrogen) atoms. The molecule has 0 unspecified atom stereocenters. The first kappa shape index (κ1) is 19.0. The molecule has 4 rings (SSSR count). The van der Waals surface area contributed by atoms with Gasteiger partial charge in [0.1, 0.15) is 0 Å². The number of aryl methyl sites for hydroxylation is 1. The van der Waals surface area contributed by atoms with Crippen LogP contribution in [0.4, 0.5) is 0 Å². The number of benzene rings is 1. The number of amides is 1. The Labute approximate surface area is 172 Å². The van der Waals surface area contributed by atoms with E-state index >= 15 is 0 Å². The van der Waals surface area contributed by atoms with Crippen molar-refractivity contribution in [3.63, 3.8) is 0 Å². The number of thiophene rings is 1. The van der Waals surface area contributed by atoms with Crippen molar-refractivity contribution in [1.82, 2.24) is 9.88 Å². The fourth-order valence-electron chi connectivity index (χ4n) is 3.54. The Morgan fingerprint density at radius 3 is 2.64 bits per heavy atom. The van der Waals surface area contributed by atoms with Crippen molar-refractivity contribution >= 4 is 28.6 Å². The highest BCUT2D eigenvalue weighted by atomic mass is 32.1. The molecule has 1 aromatic carbocycles. The lowest BCUT2D eigenvalue weighted by molar-refractivity contribution is -0.131. The Morgan fingerprint density at radius 2 is 1.96 bits per heavy atom. The van der Waals surface area contributed by atoms with E-state index in [4.69, 9.17) is 9.47 Å². The van der Waals surface area contributed by atoms with E-state index in [1.165, 1.54) is 5.56 Å². The van der Waals surface area contributed by atoms with Gasteiger partial charge in [-0.1, -0.05) is 6.07 Å². The molecule has 2 aromatic heterocycles. The molecule has 0 fully saturated rings. The van der Waals surface area contributed by atoms with E-state index in [2.05, 4.69) is 11.1 Å². The van der Waals surface area contributed by atoms with Crippen molar-refractivity contribution in [2.45, 2.75) is 26.3 Å². The van der Waals surface area contributed by atoms with Gasteiger partial charge in [-0.15, -0.1) is 22.7 Å². The van der Waals surface area contributed by atoms with Gasteiger partial charge in [0.05, 0.1) is 36.2 Å². The molecule has 3 aromatic rings. The fourth-order valence-corrected chi connectivity index (χ4v) is 5.29. The largest absolute Gasteiger partial charge is 0.493 e. The monoisotopic (exact) mass is 414 g/mol. The highest BCUT2D eigenvalue weighted by Gasteiger charge is 2.24. The van der Waals surface area contributed by atoms with Crippen LogP contribution in [0.25, 0.3) is 10.6 Å². The first-order valence-electron chi connectivity index (χ1n) is 9.10. The molecule has 3 heterocycles. The molecule has 1 aliphatic rings. The van der Waals surface area contributed by atoms with E-state index in [-0.39, 0.29) is 5.91 Å². The molecule has 0 N–H and O–H groups in total. The van der Waals surface area contributed by atoms with Crippen LogP contribution in [0.1, 0.15) is 21.0 Å². The number of nitrogens with zero attached hydrogens (tertiary/aromatic N) is 2. The Bertz CT molecular complexity index is 996. The predicted octanol–water partition coefficient (Wildman–Crippen LogP) is 4.32. The molecule has 146 valence electrons. The van der Waals surface area contributed by atoms with Gasteiger partial charge in [-0.25, -0.2) is 4.98 Å². The summed E-state index contributed by atoms with van der Waals surface area (Å²) in [4.78, 5) is 21.8. The SMILES string of the molecule is COc1cc2c(cc1OC)CN(C(=O)Cc1sc(C)nc1-c1cccs1)CC2. The number of aromatic nitrogens is 1. The molecule has 0 atom stereocenters. The lowest BCUT2D eigenvalue weighted by Gasteiger charge is -2.29. The highest BCUT2D eigenvalue weighted by molar-refractivity contribution is 7.15. The van der Waals surface area contributed by atoms with Crippen molar-refractivity contribution in [3.8, 4) is 22.1 Å². The molecule has 0 saturated heterocycles. The summed E-state index contributed by atoms with van der Waals surface area (Å²) in [7, 11) is 3.28. The van der Waals surface area contributed by atoms with Gasteiger partial charge in [0.2, 0.25) is 5.91 Å². The molecular formula is C21H22N2O3S2. The molecule has 0 saturated carbocycles. The molecule has 0 spiro atoms. The van der Waals surface area contributed by atoms with E-state index in [0.717, 1.165) is 38.2 Å². The summed E-state index contributed by atoms with van der Waals surface area (Å²) in [5.41, 5.74) is 3.29. The maximum Gasteiger partial charge on any atom is 0.228 e. The highest BCUT2D eigenvalue weighted by Crippen LogP contribution is 2.34. The third kappa shape index (κ3) is 3.64. The summed E-state index contributed by atoms with van der Waals surface area (Å²) in [6.45, 7) is 3.31. The first-order chi connectivity index (χ1) is 13.6. The minimum atomic E-state index is 0.141. The van der Waals surface area contributed by atoms with Crippen molar-refractivity contribution < 1.29 is 14.3 Å². The van der Waals surface area contributed by atoms with Crippen LogP contribution in [0.5, 0.6) is 11.5 Å². The number of carbonyl (C=O) groups excluding carboxylic acids is 1. The van der Waals surface area contributed by atoms with E-state index in [0.29, 0.717) is 25.3 Å². The number of thiazole rings is 1. The number of rotatable bonds is 5. The molecule has 0 radical (unpaired) electrons. The quantitative estimate of drug-likeness (QED) is 0.624. The second-order valence-electron chi connectivity index (χ2n) is 6.70. The summed E-state index contributed by atoms with van der Waals surface area (Å²) >= 11 is 3.27. The molecule has 1 aliphatic heterocycles. The fraction of sp³-hybridized carbons (Fsp3) is 0.333. The van der Waals surface area contributed by atoms with E-state index in [9.17, 15) is 4.79 Å². The molecule has 7 heteroatoms. The van der Waals surface area contributed by atoms with Crippen LogP contribution in [0.3, 0.4) is 0 Å². The maximum atomic E-state index is 13.0. The van der Waals surface area contributed by atoms with Crippen LogP contribution in [-0.4, -0.2) is 36.6 Å². The standard InChI is InChI=1S/C21H22N2O3S2/c1-13-22-21(18-5-4-8-27-18)19(28-13)11-20(24)23-7-6-14-9-16(25-2)17(26-3)10-15(14)12-23/h4-5,8-10H,6-7,11-12H2,1-3H3. The second-order valence-corrected chi connectivity index (χ2v) is 8.94.